The zero-order chi connectivity index (χ0) is 6.74. The van der Waals surface area contributed by atoms with Crippen LogP contribution in [0.25, 0.3) is 0 Å². The van der Waals surface area contributed by atoms with Gasteiger partial charge in [-0.3, -0.25) is 0 Å². The molecule has 0 atom stereocenters. The molecule has 0 unspecified atom stereocenters. The zero-order valence-corrected chi connectivity index (χ0v) is 6.44. The van der Waals surface area contributed by atoms with Crippen molar-refractivity contribution in [1.82, 2.24) is 0 Å². The third kappa shape index (κ3) is 1.72. The highest BCUT2D eigenvalue weighted by Gasteiger charge is 2.25. The van der Waals surface area contributed by atoms with Gasteiger partial charge in [0.15, 0.2) is 0 Å². The van der Waals surface area contributed by atoms with Crippen molar-refractivity contribution in [3.63, 3.8) is 0 Å². The normalized spacial score (nSPS) is 25.9. The van der Waals surface area contributed by atoms with Crippen LogP contribution in [-0.4, -0.2) is 20.5 Å². The summed E-state index contributed by atoms with van der Waals surface area (Å²) < 4.78 is 5.38. The smallest absolute Gasteiger partial charge is 0.143 e. The largest absolute Gasteiger partial charge is 0.387 e. The summed E-state index contributed by atoms with van der Waals surface area (Å²) in [5, 5.41) is 0. The van der Waals surface area contributed by atoms with Gasteiger partial charge in [0, 0.05) is 12.6 Å². The lowest BCUT2D eigenvalue weighted by Gasteiger charge is -2.32. The van der Waals surface area contributed by atoms with Crippen molar-refractivity contribution in [2.24, 2.45) is 0 Å². The molecular formula is C7H15BO. The quantitative estimate of drug-likeness (QED) is 0.475. The molecule has 0 radical (unpaired) electrons. The van der Waals surface area contributed by atoms with Gasteiger partial charge in [-0.25, -0.2) is 0 Å². The second-order valence-corrected chi connectivity index (χ2v) is 3.21. The number of rotatable bonds is 1. The molecule has 52 valence electrons. The molecule has 0 spiro atoms. The molecule has 0 bridgehead atoms. The molecule has 0 aliphatic heterocycles. The van der Waals surface area contributed by atoms with Gasteiger partial charge in [0.1, 0.15) is 7.85 Å². The highest BCUT2D eigenvalue weighted by molar-refractivity contribution is 6.14. The third-order valence-electron chi connectivity index (χ3n) is 2.40. The van der Waals surface area contributed by atoms with E-state index in [0.29, 0.717) is 0 Å². The fraction of sp³-hybridized carbons (Fsp3) is 1.00. The lowest BCUT2D eigenvalue weighted by molar-refractivity contribution is 0.0319. The Balaban J connectivity index is 2.37. The summed E-state index contributed by atoms with van der Waals surface area (Å²) in [5.41, 5.74) is 0.220. The van der Waals surface area contributed by atoms with Gasteiger partial charge in [-0.15, -0.1) is 0 Å². The van der Waals surface area contributed by atoms with Crippen LogP contribution in [0.2, 0.25) is 0 Å². The molecule has 0 aromatic rings. The van der Waals surface area contributed by atoms with Gasteiger partial charge in [0.2, 0.25) is 0 Å². The van der Waals surface area contributed by atoms with Crippen LogP contribution in [0.4, 0.5) is 0 Å². The summed E-state index contributed by atoms with van der Waals surface area (Å²) in [7, 11) is 4.04. The Hall–Kier alpha value is 0.0249. The molecule has 1 fully saturated rings. The number of ether oxygens (including phenoxy) is 1. The minimum Gasteiger partial charge on any atom is -0.387 e. The zero-order valence-electron chi connectivity index (χ0n) is 6.44. The SMILES string of the molecule is BC1(OC)CCCCC1. The van der Waals surface area contributed by atoms with Crippen molar-refractivity contribution >= 4 is 7.85 Å². The summed E-state index contributed by atoms with van der Waals surface area (Å²) >= 11 is 0. The Labute approximate surface area is 58.2 Å². The van der Waals surface area contributed by atoms with Crippen LogP contribution in [0, 0.1) is 0 Å². The number of hydrogen-bond donors (Lipinski definition) is 0. The molecule has 1 rings (SSSR count). The van der Waals surface area contributed by atoms with E-state index in [4.69, 9.17) is 4.74 Å². The van der Waals surface area contributed by atoms with Crippen LogP contribution in [0.5, 0.6) is 0 Å². The van der Waals surface area contributed by atoms with E-state index in [9.17, 15) is 0 Å². The monoisotopic (exact) mass is 126 g/mol. The second-order valence-electron chi connectivity index (χ2n) is 3.21. The van der Waals surface area contributed by atoms with Gasteiger partial charge in [-0.1, -0.05) is 19.3 Å². The summed E-state index contributed by atoms with van der Waals surface area (Å²) in [6.07, 6.45) is 6.61. The molecule has 1 aliphatic rings. The summed E-state index contributed by atoms with van der Waals surface area (Å²) in [4.78, 5) is 0. The van der Waals surface area contributed by atoms with Crippen molar-refractivity contribution in [2.45, 2.75) is 37.6 Å². The van der Waals surface area contributed by atoms with Crippen molar-refractivity contribution in [2.75, 3.05) is 7.11 Å². The van der Waals surface area contributed by atoms with Crippen LogP contribution in [0.1, 0.15) is 32.1 Å². The molecule has 0 aromatic carbocycles. The van der Waals surface area contributed by atoms with Crippen molar-refractivity contribution in [3.05, 3.63) is 0 Å². The van der Waals surface area contributed by atoms with E-state index < -0.39 is 0 Å². The first-order valence-electron chi connectivity index (χ1n) is 3.82. The molecular weight excluding hydrogens is 111 g/mol. The number of hydrogen-bond acceptors (Lipinski definition) is 1. The number of methoxy groups -OCH3 is 1. The van der Waals surface area contributed by atoms with E-state index in [2.05, 4.69) is 7.85 Å². The molecule has 0 heterocycles. The van der Waals surface area contributed by atoms with Crippen LogP contribution in [0.3, 0.4) is 0 Å². The maximum absolute atomic E-state index is 5.38. The molecule has 0 saturated heterocycles. The summed E-state index contributed by atoms with van der Waals surface area (Å²) in [5.74, 6) is 0. The van der Waals surface area contributed by atoms with Crippen molar-refractivity contribution in [1.29, 1.82) is 0 Å². The lowest BCUT2D eigenvalue weighted by atomic mass is 9.70. The molecule has 0 aromatic heterocycles. The standard InChI is InChI=1S/C7H15BO/c1-9-7(8)5-3-2-4-6-7/h2-6,8H2,1H3. The van der Waals surface area contributed by atoms with E-state index >= 15 is 0 Å². The van der Waals surface area contributed by atoms with Gasteiger partial charge in [0.05, 0.1) is 0 Å². The lowest BCUT2D eigenvalue weighted by Crippen LogP contribution is -2.33. The Morgan fingerprint density at radius 2 is 1.78 bits per heavy atom. The van der Waals surface area contributed by atoms with Gasteiger partial charge in [0.25, 0.3) is 0 Å². The van der Waals surface area contributed by atoms with Gasteiger partial charge in [-0.05, 0) is 12.8 Å². The van der Waals surface area contributed by atoms with Gasteiger partial charge < -0.3 is 4.74 Å². The molecule has 1 nitrogen and oxygen atoms in total. The Bertz CT molecular complexity index is 86.9. The first kappa shape index (κ1) is 7.14. The Kier molecular flexibility index (Phi) is 2.17. The highest BCUT2D eigenvalue weighted by Crippen LogP contribution is 2.27. The summed E-state index contributed by atoms with van der Waals surface area (Å²) in [6, 6.07) is 0. The highest BCUT2D eigenvalue weighted by atomic mass is 16.5. The van der Waals surface area contributed by atoms with Crippen LogP contribution in [-0.2, 0) is 4.74 Å². The fourth-order valence-corrected chi connectivity index (χ4v) is 1.50. The van der Waals surface area contributed by atoms with Crippen LogP contribution < -0.4 is 0 Å². The van der Waals surface area contributed by atoms with Crippen molar-refractivity contribution < 1.29 is 4.74 Å². The predicted octanol–water partition coefficient (Wildman–Crippen LogP) is 0.926. The first-order valence-corrected chi connectivity index (χ1v) is 3.82. The summed E-state index contributed by atoms with van der Waals surface area (Å²) in [6.45, 7) is 0. The minimum absolute atomic E-state index is 0.220. The van der Waals surface area contributed by atoms with E-state index in [1.807, 2.05) is 7.11 Å². The van der Waals surface area contributed by atoms with Crippen LogP contribution >= 0.6 is 0 Å². The molecule has 1 aliphatic carbocycles. The molecule has 0 N–H and O–H groups in total. The molecule has 0 amide bonds. The van der Waals surface area contributed by atoms with E-state index in [0.717, 1.165) is 0 Å². The minimum atomic E-state index is 0.220. The fourth-order valence-electron chi connectivity index (χ4n) is 1.50. The maximum Gasteiger partial charge on any atom is 0.143 e. The molecule has 1 saturated carbocycles. The maximum atomic E-state index is 5.38. The van der Waals surface area contributed by atoms with Crippen LogP contribution in [0.15, 0.2) is 0 Å². The second kappa shape index (κ2) is 2.74. The van der Waals surface area contributed by atoms with E-state index in [-0.39, 0.29) is 5.50 Å². The van der Waals surface area contributed by atoms with Crippen molar-refractivity contribution in [3.8, 4) is 0 Å². The Morgan fingerprint density at radius 1 is 1.22 bits per heavy atom. The topological polar surface area (TPSA) is 9.23 Å². The average molecular weight is 126 g/mol. The predicted molar refractivity (Wildman–Crippen MR) is 41.4 cm³/mol. The molecule has 9 heavy (non-hydrogen) atoms. The first-order chi connectivity index (χ1) is 4.27. The van der Waals surface area contributed by atoms with Gasteiger partial charge >= 0.3 is 0 Å². The average Bonchev–Trinajstić information content (AvgIpc) is 1.90. The molecule has 2 heteroatoms. The Morgan fingerprint density at radius 3 is 2.11 bits per heavy atom. The van der Waals surface area contributed by atoms with E-state index in [1.165, 1.54) is 32.1 Å². The van der Waals surface area contributed by atoms with Gasteiger partial charge in [-0.2, -0.15) is 0 Å². The third-order valence-corrected chi connectivity index (χ3v) is 2.40. The van der Waals surface area contributed by atoms with E-state index in [1.54, 1.807) is 0 Å².